The highest BCUT2D eigenvalue weighted by Gasteiger charge is 2.19. The maximum absolute atomic E-state index is 12.6. The fourth-order valence-corrected chi connectivity index (χ4v) is 3.08. The lowest BCUT2D eigenvalue weighted by atomic mass is 10.2. The number of carbonyl (C=O) groups is 1. The Hall–Kier alpha value is -1.05. The number of furan rings is 1. The molecular formula is C13H9BrClF2NO2S. The van der Waals surface area contributed by atoms with Gasteiger partial charge in [-0.05, 0) is 41.1 Å². The molecule has 8 heteroatoms. The number of thioether (sulfide) groups is 1. The molecule has 0 spiro atoms. The zero-order valence-corrected chi connectivity index (χ0v) is 13.8. The second-order valence-corrected chi connectivity index (χ2v) is 6.20. The number of nitrogens with one attached hydrogen (secondary N) is 1. The molecule has 1 aromatic carbocycles. The lowest BCUT2D eigenvalue weighted by molar-refractivity contribution is 0.0994. The van der Waals surface area contributed by atoms with Gasteiger partial charge in [0, 0.05) is 5.56 Å². The van der Waals surface area contributed by atoms with Crippen LogP contribution in [0.15, 0.2) is 38.2 Å². The number of anilines is 1. The molecule has 1 heterocycles. The van der Waals surface area contributed by atoms with Gasteiger partial charge in [-0.25, -0.2) is 0 Å². The summed E-state index contributed by atoms with van der Waals surface area (Å²) in [5.74, 6) is -3.06. The van der Waals surface area contributed by atoms with Gasteiger partial charge >= 0.3 is 0 Å². The number of carbonyl (C=O) groups excluding carboxylic acids is 1. The molecule has 0 radical (unpaired) electrons. The maximum atomic E-state index is 12.6. The van der Waals surface area contributed by atoms with Gasteiger partial charge in [0.2, 0.25) is 0 Å². The number of hydrogen-bond acceptors (Lipinski definition) is 3. The van der Waals surface area contributed by atoms with Crippen molar-refractivity contribution < 1.29 is 18.0 Å². The molecule has 0 aliphatic rings. The van der Waals surface area contributed by atoms with Crippen LogP contribution in [0.2, 0.25) is 5.02 Å². The highest BCUT2D eigenvalue weighted by atomic mass is 79.9. The van der Waals surface area contributed by atoms with E-state index in [1.165, 1.54) is 12.1 Å². The van der Waals surface area contributed by atoms with E-state index < -0.39 is 11.7 Å². The second-order valence-electron chi connectivity index (χ2n) is 4.01. The summed E-state index contributed by atoms with van der Waals surface area (Å²) in [6.07, 6.45) is 0. The zero-order valence-electron chi connectivity index (χ0n) is 10.6. The largest absolute Gasteiger partial charge is 0.444 e. The fraction of sp³-hybridized carbons (Fsp3) is 0.154. The monoisotopic (exact) mass is 395 g/mol. The number of benzene rings is 1. The normalized spacial score (nSPS) is 11.0. The number of rotatable bonds is 4. The number of alkyl halides is 2. The first kappa shape index (κ1) is 16.3. The van der Waals surface area contributed by atoms with E-state index in [-0.39, 0.29) is 33.1 Å². The summed E-state index contributed by atoms with van der Waals surface area (Å²) in [4.78, 5) is 12.2. The summed E-state index contributed by atoms with van der Waals surface area (Å²) < 4.78 is 30.8. The molecule has 0 bridgehead atoms. The SMILES string of the molecule is Cc1cc(Br)oc1C(=O)Nc1cccc(Cl)c1SC(F)F. The van der Waals surface area contributed by atoms with Crippen LogP contribution in [0.3, 0.4) is 0 Å². The van der Waals surface area contributed by atoms with E-state index in [4.69, 9.17) is 16.0 Å². The summed E-state index contributed by atoms with van der Waals surface area (Å²) in [5, 5.41) is 2.68. The topological polar surface area (TPSA) is 42.2 Å². The van der Waals surface area contributed by atoms with Gasteiger partial charge in [0.05, 0.1) is 15.6 Å². The first-order valence-corrected chi connectivity index (χ1v) is 7.74. The van der Waals surface area contributed by atoms with Crippen LogP contribution >= 0.6 is 39.3 Å². The molecule has 0 saturated carbocycles. The van der Waals surface area contributed by atoms with E-state index in [1.54, 1.807) is 19.1 Å². The van der Waals surface area contributed by atoms with Crippen LogP contribution in [0.5, 0.6) is 0 Å². The lowest BCUT2D eigenvalue weighted by Gasteiger charge is -2.11. The van der Waals surface area contributed by atoms with E-state index in [9.17, 15) is 13.6 Å². The molecule has 0 fully saturated rings. The minimum absolute atomic E-state index is 0.106. The van der Waals surface area contributed by atoms with E-state index >= 15 is 0 Å². The van der Waals surface area contributed by atoms with Crippen molar-refractivity contribution in [3.05, 3.63) is 45.3 Å². The Balaban J connectivity index is 2.29. The van der Waals surface area contributed by atoms with Crippen LogP contribution in [-0.2, 0) is 0 Å². The van der Waals surface area contributed by atoms with Crippen molar-refractivity contribution in [2.45, 2.75) is 17.6 Å². The summed E-state index contributed by atoms with van der Waals surface area (Å²) >= 11 is 9.30. The molecule has 0 aliphatic heterocycles. The van der Waals surface area contributed by atoms with Crippen molar-refractivity contribution in [1.29, 1.82) is 0 Å². The van der Waals surface area contributed by atoms with Crippen molar-refractivity contribution >= 4 is 50.9 Å². The van der Waals surface area contributed by atoms with Crippen molar-refractivity contribution in [2.24, 2.45) is 0 Å². The molecule has 0 aliphatic carbocycles. The van der Waals surface area contributed by atoms with Crippen LogP contribution in [0.4, 0.5) is 14.5 Å². The molecule has 0 saturated heterocycles. The number of halogens is 4. The van der Waals surface area contributed by atoms with Gasteiger partial charge in [0.1, 0.15) is 0 Å². The average molecular weight is 397 g/mol. The molecular weight excluding hydrogens is 388 g/mol. The van der Waals surface area contributed by atoms with Crippen molar-refractivity contribution in [3.8, 4) is 0 Å². The maximum Gasteiger partial charge on any atom is 0.291 e. The van der Waals surface area contributed by atoms with Gasteiger partial charge in [-0.3, -0.25) is 4.79 Å². The van der Waals surface area contributed by atoms with Crippen LogP contribution in [0, 0.1) is 6.92 Å². The Morgan fingerprint density at radius 2 is 2.19 bits per heavy atom. The van der Waals surface area contributed by atoms with Crippen molar-refractivity contribution in [3.63, 3.8) is 0 Å². The highest BCUT2D eigenvalue weighted by molar-refractivity contribution is 9.10. The molecule has 0 atom stereocenters. The molecule has 0 unspecified atom stereocenters. The van der Waals surface area contributed by atoms with Gasteiger partial charge < -0.3 is 9.73 Å². The van der Waals surface area contributed by atoms with Gasteiger partial charge in [0.15, 0.2) is 10.4 Å². The summed E-state index contributed by atoms with van der Waals surface area (Å²) in [7, 11) is 0. The zero-order chi connectivity index (χ0) is 15.6. The third-order valence-electron chi connectivity index (χ3n) is 2.52. The summed E-state index contributed by atoms with van der Waals surface area (Å²) in [5.41, 5.74) is 0.842. The summed E-state index contributed by atoms with van der Waals surface area (Å²) in [6, 6.07) is 6.19. The van der Waals surface area contributed by atoms with E-state index in [0.29, 0.717) is 10.2 Å². The van der Waals surface area contributed by atoms with Crippen molar-refractivity contribution in [1.82, 2.24) is 0 Å². The standard InChI is InChI=1S/C13H9BrClF2NO2S/c1-6-5-9(14)20-10(6)12(19)18-8-4-2-3-7(15)11(8)21-13(16)17/h2-5,13H,1H3,(H,18,19). The first-order chi connectivity index (χ1) is 9.88. The Labute approximate surface area is 137 Å². The van der Waals surface area contributed by atoms with Gasteiger partial charge in [0.25, 0.3) is 11.7 Å². The summed E-state index contributed by atoms with van der Waals surface area (Å²) in [6.45, 7) is 1.70. The first-order valence-electron chi connectivity index (χ1n) is 5.69. The average Bonchev–Trinajstić information content (AvgIpc) is 2.72. The quantitative estimate of drug-likeness (QED) is 0.687. The Bertz CT molecular complexity index is 678. The third kappa shape index (κ3) is 3.99. The van der Waals surface area contributed by atoms with Crippen LogP contribution in [0.25, 0.3) is 0 Å². The molecule has 2 rings (SSSR count). The Kier molecular flexibility index (Phi) is 5.29. The number of hydrogen-bond donors (Lipinski definition) is 1. The van der Waals surface area contributed by atoms with Gasteiger partial charge in [-0.2, -0.15) is 8.78 Å². The Morgan fingerprint density at radius 3 is 2.76 bits per heavy atom. The highest BCUT2D eigenvalue weighted by Crippen LogP contribution is 2.38. The third-order valence-corrected chi connectivity index (χ3v) is 4.19. The van der Waals surface area contributed by atoms with Gasteiger partial charge in [-0.1, -0.05) is 29.4 Å². The lowest BCUT2D eigenvalue weighted by Crippen LogP contribution is -2.13. The molecule has 1 amide bonds. The Morgan fingerprint density at radius 1 is 1.48 bits per heavy atom. The fourth-order valence-electron chi connectivity index (χ4n) is 1.66. The molecule has 1 aromatic heterocycles. The second kappa shape index (κ2) is 6.81. The molecule has 112 valence electrons. The molecule has 3 nitrogen and oxygen atoms in total. The van der Waals surface area contributed by atoms with Crippen molar-refractivity contribution in [2.75, 3.05) is 5.32 Å². The molecule has 1 N–H and O–H groups in total. The smallest absolute Gasteiger partial charge is 0.291 e. The molecule has 21 heavy (non-hydrogen) atoms. The van der Waals surface area contributed by atoms with E-state index in [2.05, 4.69) is 21.2 Å². The van der Waals surface area contributed by atoms with Crippen LogP contribution in [-0.4, -0.2) is 11.7 Å². The minimum atomic E-state index is -2.64. The van der Waals surface area contributed by atoms with E-state index in [0.717, 1.165) is 0 Å². The number of aryl methyl sites for hydroxylation is 1. The number of amides is 1. The minimum Gasteiger partial charge on any atom is -0.444 e. The van der Waals surface area contributed by atoms with Crippen LogP contribution in [0.1, 0.15) is 16.1 Å². The predicted molar refractivity (Wildman–Crippen MR) is 82.4 cm³/mol. The van der Waals surface area contributed by atoms with Gasteiger partial charge in [-0.15, -0.1) is 0 Å². The predicted octanol–water partition coefficient (Wildman–Crippen LogP) is 5.57. The van der Waals surface area contributed by atoms with E-state index in [1.807, 2.05) is 0 Å². The molecule has 2 aromatic rings. The van der Waals surface area contributed by atoms with Crippen LogP contribution < -0.4 is 5.32 Å².